The van der Waals surface area contributed by atoms with Crippen molar-refractivity contribution in [1.82, 2.24) is 15.5 Å². The van der Waals surface area contributed by atoms with Gasteiger partial charge in [-0.3, -0.25) is 5.32 Å². The molecule has 1 heterocycles. The van der Waals surface area contributed by atoms with Gasteiger partial charge in [0.15, 0.2) is 0 Å². The normalized spacial score (nSPS) is 11.1. The van der Waals surface area contributed by atoms with Crippen LogP contribution in [0.15, 0.2) is 34.7 Å². The smallest absolute Gasteiger partial charge is 0.324 e. The Balaban J connectivity index is 2.04. The van der Waals surface area contributed by atoms with E-state index in [9.17, 15) is 4.79 Å². The zero-order chi connectivity index (χ0) is 13.9. The number of nitrogens with one attached hydrogen (secondary N) is 2. The Bertz CT molecular complexity index is 558. The summed E-state index contributed by atoms with van der Waals surface area (Å²) in [6.07, 6.45) is 0. The highest BCUT2D eigenvalue weighted by Gasteiger charge is 2.16. The van der Waals surface area contributed by atoms with Crippen LogP contribution in [0, 0.1) is 0 Å². The highest BCUT2D eigenvalue weighted by Crippen LogP contribution is 2.18. The molecule has 0 aliphatic rings. The van der Waals surface area contributed by atoms with Crippen molar-refractivity contribution in [2.45, 2.75) is 26.3 Å². The molecule has 0 fully saturated rings. The van der Waals surface area contributed by atoms with Gasteiger partial charge in [0.2, 0.25) is 5.89 Å². The van der Waals surface area contributed by atoms with Gasteiger partial charge in [-0.2, -0.15) is 0 Å². The molecule has 0 aliphatic heterocycles. The highest BCUT2D eigenvalue weighted by molar-refractivity contribution is 5.87. The molecule has 0 spiro atoms. The molecule has 19 heavy (non-hydrogen) atoms. The van der Waals surface area contributed by atoms with Gasteiger partial charge in [-0.1, -0.05) is 23.3 Å². The summed E-state index contributed by atoms with van der Waals surface area (Å²) in [5.41, 5.74) is 0.478. The average Bonchev–Trinajstić information content (AvgIpc) is 2.76. The number of urea groups is 1. The van der Waals surface area contributed by atoms with Crippen LogP contribution in [-0.4, -0.2) is 21.8 Å². The number of nitrogens with zero attached hydrogens (tertiary/aromatic N) is 2. The number of carbonyl (C=O) groups excluding carboxylic acids is 1. The van der Waals surface area contributed by atoms with E-state index in [4.69, 9.17) is 4.42 Å². The lowest BCUT2D eigenvalue weighted by Gasteiger charge is -2.19. The molecule has 0 bridgehead atoms. The topological polar surface area (TPSA) is 80.0 Å². The zero-order valence-electron chi connectivity index (χ0n) is 11.1. The van der Waals surface area contributed by atoms with Crippen LogP contribution in [0.25, 0.3) is 11.5 Å². The first-order chi connectivity index (χ1) is 8.94. The first-order valence-electron chi connectivity index (χ1n) is 5.92. The Morgan fingerprint density at radius 3 is 2.47 bits per heavy atom. The van der Waals surface area contributed by atoms with Crippen molar-refractivity contribution in [2.24, 2.45) is 0 Å². The monoisotopic (exact) mass is 260 g/mol. The van der Waals surface area contributed by atoms with Crippen molar-refractivity contribution < 1.29 is 9.21 Å². The van der Waals surface area contributed by atoms with Crippen LogP contribution in [0.2, 0.25) is 0 Å². The molecule has 6 nitrogen and oxygen atoms in total. The van der Waals surface area contributed by atoms with Gasteiger partial charge in [0, 0.05) is 11.1 Å². The number of benzene rings is 1. The number of hydrogen-bond donors (Lipinski definition) is 2. The third-order valence-electron chi connectivity index (χ3n) is 2.15. The molecule has 1 aromatic heterocycles. The Labute approximate surface area is 111 Å². The fourth-order valence-electron chi connectivity index (χ4n) is 1.44. The van der Waals surface area contributed by atoms with Crippen LogP contribution >= 0.6 is 0 Å². The van der Waals surface area contributed by atoms with Crippen molar-refractivity contribution in [3.05, 3.63) is 30.3 Å². The van der Waals surface area contributed by atoms with E-state index in [0.717, 1.165) is 5.56 Å². The Hall–Kier alpha value is -2.37. The summed E-state index contributed by atoms with van der Waals surface area (Å²) >= 11 is 0. The lowest BCUT2D eigenvalue weighted by molar-refractivity contribution is 0.243. The van der Waals surface area contributed by atoms with Gasteiger partial charge >= 0.3 is 12.0 Å². The number of amides is 2. The highest BCUT2D eigenvalue weighted by atomic mass is 16.4. The molecule has 0 unspecified atom stereocenters. The van der Waals surface area contributed by atoms with E-state index in [1.807, 2.05) is 51.1 Å². The van der Waals surface area contributed by atoms with Crippen LogP contribution in [0.5, 0.6) is 0 Å². The molecule has 0 aliphatic carbocycles. The standard InChI is InChI=1S/C13H16N4O2/c1-13(2,3)15-11(18)14-12-17-16-10(19-12)9-7-5-4-6-8-9/h4-8H,1-3H3,(H2,14,15,17,18). The van der Waals surface area contributed by atoms with Crippen LogP contribution in [-0.2, 0) is 0 Å². The molecule has 100 valence electrons. The number of carbonyl (C=O) groups is 1. The molecular weight excluding hydrogens is 244 g/mol. The van der Waals surface area contributed by atoms with E-state index in [1.54, 1.807) is 0 Å². The maximum Gasteiger partial charge on any atom is 0.324 e. The van der Waals surface area contributed by atoms with Gasteiger partial charge in [0.25, 0.3) is 0 Å². The lowest BCUT2D eigenvalue weighted by atomic mass is 10.1. The number of rotatable bonds is 2. The van der Waals surface area contributed by atoms with E-state index in [2.05, 4.69) is 20.8 Å². The number of hydrogen-bond acceptors (Lipinski definition) is 4. The summed E-state index contributed by atoms with van der Waals surface area (Å²) in [4.78, 5) is 11.6. The maximum absolute atomic E-state index is 11.6. The fraction of sp³-hybridized carbons (Fsp3) is 0.308. The van der Waals surface area contributed by atoms with E-state index in [0.29, 0.717) is 5.89 Å². The van der Waals surface area contributed by atoms with Crippen molar-refractivity contribution in [3.63, 3.8) is 0 Å². The van der Waals surface area contributed by atoms with Gasteiger partial charge in [-0.05, 0) is 32.9 Å². The summed E-state index contributed by atoms with van der Waals surface area (Å²) in [7, 11) is 0. The number of anilines is 1. The minimum Gasteiger partial charge on any atom is -0.403 e. The van der Waals surface area contributed by atoms with Crippen LogP contribution < -0.4 is 10.6 Å². The van der Waals surface area contributed by atoms with Crippen molar-refractivity contribution >= 4 is 12.0 Å². The summed E-state index contributed by atoms with van der Waals surface area (Å²) in [6.45, 7) is 5.65. The van der Waals surface area contributed by atoms with E-state index < -0.39 is 0 Å². The lowest BCUT2D eigenvalue weighted by Crippen LogP contribution is -2.43. The molecule has 6 heteroatoms. The molecule has 2 aromatic rings. The second-order valence-electron chi connectivity index (χ2n) is 5.11. The zero-order valence-corrected chi connectivity index (χ0v) is 11.1. The van der Waals surface area contributed by atoms with Gasteiger partial charge in [-0.25, -0.2) is 4.79 Å². The summed E-state index contributed by atoms with van der Waals surface area (Å²) in [5.74, 6) is 0.367. The fourth-order valence-corrected chi connectivity index (χ4v) is 1.44. The second kappa shape index (κ2) is 5.09. The minimum absolute atomic E-state index is 0.0700. The molecule has 1 aromatic carbocycles. The van der Waals surface area contributed by atoms with Crippen molar-refractivity contribution in [1.29, 1.82) is 0 Å². The minimum atomic E-state index is -0.379. The average molecular weight is 260 g/mol. The molecule has 2 amide bonds. The predicted octanol–water partition coefficient (Wildman–Crippen LogP) is 2.66. The molecule has 0 saturated heterocycles. The number of aromatic nitrogens is 2. The third kappa shape index (κ3) is 3.80. The van der Waals surface area contributed by atoms with Crippen LogP contribution in [0.1, 0.15) is 20.8 Å². The summed E-state index contributed by atoms with van der Waals surface area (Å²) in [5, 5.41) is 12.9. The van der Waals surface area contributed by atoms with Crippen molar-refractivity contribution in [3.8, 4) is 11.5 Å². The third-order valence-corrected chi connectivity index (χ3v) is 2.15. The Morgan fingerprint density at radius 1 is 1.16 bits per heavy atom. The van der Waals surface area contributed by atoms with E-state index >= 15 is 0 Å². The van der Waals surface area contributed by atoms with Gasteiger partial charge in [0.05, 0.1) is 0 Å². The predicted molar refractivity (Wildman–Crippen MR) is 71.6 cm³/mol. The first kappa shape index (κ1) is 13.1. The van der Waals surface area contributed by atoms with Gasteiger partial charge in [-0.15, -0.1) is 5.10 Å². The van der Waals surface area contributed by atoms with Crippen LogP contribution in [0.3, 0.4) is 0 Å². The second-order valence-corrected chi connectivity index (χ2v) is 5.11. The quantitative estimate of drug-likeness (QED) is 0.869. The van der Waals surface area contributed by atoms with Gasteiger partial charge < -0.3 is 9.73 Å². The molecule has 0 saturated carbocycles. The van der Waals surface area contributed by atoms with Gasteiger partial charge in [0.1, 0.15) is 0 Å². The summed E-state index contributed by atoms with van der Waals surface area (Å²) in [6, 6.07) is 9.04. The van der Waals surface area contributed by atoms with Crippen LogP contribution in [0.4, 0.5) is 10.8 Å². The van der Waals surface area contributed by atoms with Crippen molar-refractivity contribution in [2.75, 3.05) is 5.32 Å². The first-order valence-corrected chi connectivity index (χ1v) is 5.92. The molecule has 2 N–H and O–H groups in total. The Morgan fingerprint density at radius 2 is 1.84 bits per heavy atom. The molecule has 2 rings (SSSR count). The SMILES string of the molecule is CC(C)(C)NC(=O)Nc1nnc(-c2ccccc2)o1. The van der Waals surface area contributed by atoms with E-state index in [-0.39, 0.29) is 17.6 Å². The Kier molecular flexibility index (Phi) is 3.50. The van der Waals surface area contributed by atoms with E-state index in [1.165, 1.54) is 0 Å². The maximum atomic E-state index is 11.6. The molecule has 0 atom stereocenters. The largest absolute Gasteiger partial charge is 0.403 e. The summed E-state index contributed by atoms with van der Waals surface area (Å²) < 4.78 is 5.36. The molecule has 0 radical (unpaired) electrons. The molecular formula is C13H16N4O2.